The molecule has 1 heterocycles. The summed E-state index contributed by atoms with van der Waals surface area (Å²) >= 11 is 0. The van der Waals surface area contributed by atoms with Gasteiger partial charge in [-0.1, -0.05) is 6.07 Å². The van der Waals surface area contributed by atoms with Crippen molar-refractivity contribution in [3.8, 4) is 11.5 Å². The zero-order valence-electron chi connectivity index (χ0n) is 14.9. The van der Waals surface area contributed by atoms with Gasteiger partial charge in [-0.3, -0.25) is 0 Å². The third-order valence-corrected chi connectivity index (χ3v) is 4.29. The van der Waals surface area contributed by atoms with E-state index in [-0.39, 0.29) is 0 Å². The Labute approximate surface area is 145 Å². The molecule has 2 rings (SSSR count). The summed E-state index contributed by atoms with van der Waals surface area (Å²) in [6, 6.07) is 5.77. The lowest BCUT2D eigenvalue weighted by Crippen LogP contribution is -2.32. The molecule has 0 unspecified atom stereocenters. The van der Waals surface area contributed by atoms with E-state index in [0.29, 0.717) is 24.0 Å². The summed E-state index contributed by atoms with van der Waals surface area (Å²) in [7, 11) is 3.25. The zero-order valence-corrected chi connectivity index (χ0v) is 14.9. The minimum absolute atomic E-state index is 0.492. The van der Waals surface area contributed by atoms with Gasteiger partial charge in [0, 0.05) is 6.54 Å². The quantitative estimate of drug-likeness (QED) is 0.410. The monoisotopic (exact) mass is 334 g/mol. The molecule has 1 fully saturated rings. The van der Waals surface area contributed by atoms with E-state index >= 15 is 0 Å². The number of benzene rings is 1. The molecule has 1 aliphatic heterocycles. The lowest BCUT2D eigenvalue weighted by atomic mass is 10.2. The molecule has 0 atom stereocenters. The van der Waals surface area contributed by atoms with Crippen molar-refractivity contribution < 1.29 is 9.47 Å². The lowest BCUT2D eigenvalue weighted by Gasteiger charge is -2.14. The first-order chi connectivity index (χ1) is 11.7. The Morgan fingerprint density at radius 2 is 1.92 bits per heavy atom. The van der Waals surface area contributed by atoms with Crippen LogP contribution in [0.4, 0.5) is 0 Å². The van der Waals surface area contributed by atoms with Gasteiger partial charge in [0.25, 0.3) is 0 Å². The second-order valence-electron chi connectivity index (χ2n) is 6.07. The summed E-state index contributed by atoms with van der Waals surface area (Å²) in [5.41, 5.74) is 6.96. The van der Waals surface area contributed by atoms with E-state index in [0.717, 1.165) is 18.5 Å². The first kappa shape index (κ1) is 18.4. The van der Waals surface area contributed by atoms with Crippen LogP contribution in [0.5, 0.6) is 11.5 Å². The molecule has 24 heavy (non-hydrogen) atoms. The minimum Gasteiger partial charge on any atom is -0.493 e. The first-order valence-corrected chi connectivity index (χ1v) is 8.70. The molecule has 0 aromatic heterocycles. The number of hydrogen-bond donors (Lipinski definition) is 2. The van der Waals surface area contributed by atoms with Gasteiger partial charge in [-0.25, -0.2) is 4.99 Å². The molecule has 134 valence electrons. The lowest BCUT2D eigenvalue weighted by molar-refractivity contribution is 0.330. The van der Waals surface area contributed by atoms with Gasteiger partial charge in [-0.2, -0.15) is 0 Å². The van der Waals surface area contributed by atoms with Gasteiger partial charge < -0.3 is 25.4 Å². The van der Waals surface area contributed by atoms with Gasteiger partial charge in [-0.15, -0.1) is 0 Å². The highest BCUT2D eigenvalue weighted by atomic mass is 16.5. The molecule has 0 bridgehead atoms. The highest BCUT2D eigenvalue weighted by molar-refractivity contribution is 5.77. The Kier molecular flexibility index (Phi) is 7.68. The Morgan fingerprint density at radius 1 is 1.17 bits per heavy atom. The number of likely N-dealkylation sites (tertiary alicyclic amines) is 1. The van der Waals surface area contributed by atoms with Crippen LogP contribution in [0.3, 0.4) is 0 Å². The number of ether oxygens (including phenoxy) is 2. The van der Waals surface area contributed by atoms with Gasteiger partial charge >= 0.3 is 0 Å². The van der Waals surface area contributed by atoms with E-state index in [2.05, 4.69) is 15.2 Å². The molecule has 0 saturated carbocycles. The Morgan fingerprint density at radius 3 is 2.62 bits per heavy atom. The molecular formula is C18H30N4O2. The van der Waals surface area contributed by atoms with E-state index in [1.165, 1.54) is 38.9 Å². The average molecular weight is 334 g/mol. The second kappa shape index (κ2) is 10.0. The van der Waals surface area contributed by atoms with Crippen molar-refractivity contribution in [1.29, 1.82) is 0 Å². The summed E-state index contributed by atoms with van der Waals surface area (Å²) in [6.07, 6.45) is 5.03. The Bertz CT molecular complexity index is 528. The number of nitrogens with two attached hydrogens (primary N) is 1. The number of hydrogen-bond acceptors (Lipinski definition) is 4. The van der Waals surface area contributed by atoms with E-state index in [1.807, 2.05) is 18.2 Å². The van der Waals surface area contributed by atoms with E-state index in [1.54, 1.807) is 14.2 Å². The highest BCUT2D eigenvalue weighted by Crippen LogP contribution is 2.27. The van der Waals surface area contributed by atoms with E-state index in [4.69, 9.17) is 15.2 Å². The predicted octanol–water partition coefficient (Wildman–Crippen LogP) is 1.98. The number of rotatable bonds is 9. The molecule has 6 heteroatoms. The van der Waals surface area contributed by atoms with Gasteiger partial charge in [-0.05, 0) is 63.0 Å². The largest absolute Gasteiger partial charge is 0.493 e. The van der Waals surface area contributed by atoms with Crippen molar-refractivity contribution in [3.05, 3.63) is 23.8 Å². The summed E-state index contributed by atoms with van der Waals surface area (Å²) < 4.78 is 10.5. The van der Waals surface area contributed by atoms with Crippen molar-refractivity contribution in [2.24, 2.45) is 10.7 Å². The Balaban J connectivity index is 1.67. The molecule has 6 nitrogen and oxygen atoms in total. The second-order valence-corrected chi connectivity index (χ2v) is 6.07. The van der Waals surface area contributed by atoms with Crippen molar-refractivity contribution in [3.63, 3.8) is 0 Å². The van der Waals surface area contributed by atoms with Crippen LogP contribution >= 0.6 is 0 Å². The highest BCUT2D eigenvalue weighted by Gasteiger charge is 2.10. The number of nitrogens with zero attached hydrogens (tertiary/aromatic N) is 2. The average Bonchev–Trinajstić information content (AvgIpc) is 3.12. The van der Waals surface area contributed by atoms with Crippen LogP contribution in [-0.2, 0) is 6.54 Å². The van der Waals surface area contributed by atoms with Crippen molar-refractivity contribution in [2.75, 3.05) is 40.4 Å². The molecule has 1 aromatic rings. The predicted molar refractivity (Wildman–Crippen MR) is 97.8 cm³/mol. The topological polar surface area (TPSA) is 72.1 Å². The smallest absolute Gasteiger partial charge is 0.188 e. The number of guanidine groups is 1. The number of methoxy groups -OCH3 is 2. The van der Waals surface area contributed by atoms with Gasteiger partial charge in [0.15, 0.2) is 17.5 Å². The minimum atomic E-state index is 0.492. The fourth-order valence-corrected chi connectivity index (χ4v) is 2.89. The fraction of sp³-hybridized carbons (Fsp3) is 0.611. The number of unbranched alkanes of at least 4 members (excludes halogenated alkanes) is 1. The number of nitrogens with one attached hydrogen (secondary N) is 1. The third-order valence-electron chi connectivity index (χ3n) is 4.29. The Hall–Kier alpha value is -1.95. The SMILES string of the molecule is COc1ccc(CN=C(N)NCCCCN2CCCC2)cc1OC. The zero-order chi connectivity index (χ0) is 17.2. The molecule has 0 amide bonds. The summed E-state index contributed by atoms with van der Waals surface area (Å²) in [6.45, 7) is 5.12. The molecule has 1 aromatic carbocycles. The maximum Gasteiger partial charge on any atom is 0.188 e. The molecule has 1 aliphatic rings. The molecule has 0 radical (unpaired) electrons. The van der Waals surface area contributed by atoms with Crippen LogP contribution in [0, 0.1) is 0 Å². The van der Waals surface area contributed by atoms with Crippen LogP contribution in [0.2, 0.25) is 0 Å². The number of aliphatic imine (C=N–C) groups is 1. The summed E-state index contributed by atoms with van der Waals surface area (Å²) in [4.78, 5) is 6.91. The van der Waals surface area contributed by atoms with Crippen LogP contribution in [0.15, 0.2) is 23.2 Å². The molecular weight excluding hydrogens is 304 g/mol. The molecule has 3 N–H and O–H groups in total. The summed E-state index contributed by atoms with van der Waals surface area (Å²) in [5.74, 6) is 1.92. The fourth-order valence-electron chi connectivity index (χ4n) is 2.89. The first-order valence-electron chi connectivity index (χ1n) is 8.70. The van der Waals surface area contributed by atoms with Crippen molar-refractivity contribution in [2.45, 2.75) is 32.2 Å². The summed E-state index contributed by atoms with van der Waals surface area (Å²) in [5, 5.41) is 3.18. The standard InChI is InChI=1S/C18H30N4O2/c1-23-16-8-7-15(13-17(16)24-2)14-21-18(19)20-9-3-4-10-22-11-5-6-12-22/h7-8,13H,3-6,9-12,14H2,1-2H3,(H3,19,20,21). The van der Waals surface area contributed by atoms with E-state index < -0.39 is 0 Å². The normalized spacial score (nSPS) is 15.5. The maximum atomic E-state index is 5.93. The maximum absolute atomic E-state index is 5.93. The van der Waals surface area contributed by atoms with Gasteiger partial charge in [0.1, 0.15) is 0 Å². The van der Waals surface area contributed by atoms with Gasteiger partial charge in [0.2, 0.25) is 0 Å². The van der Waals surface area contributed by atoms with Crippen LogP contribution < -0.4 is 20.5 Å². The molecule has 0 spiro atoms. The van der Waals surface area contributed by atoms with Crippen LogP contribution in [-0.4, -0.2) is 51.3 Å². The van der Waals surface area contributed by atoms with Crippen molar-refractivity contribution in [1.82, 2.24) is 10.2 Å². The third kappa shape index (κ3) is 5.92. The van der Waals surface area contributed by atoms with Crippen LogP contribution in [0.1, 0.15) is 31.2 Å². The molecule has 0 aliphatic carbocycles. The van der Waals surface area contributed by atoms with Crippen molar-refractivity contribution >= 4 is 5.96 Å². The van der Waals surface area contributed by atoms with E-state index in [9.17, 15) is 0 Å². The molecule has 1 saturated heterocycles. The van der Waals surface area contributed by atoms with Crippen LogP contribution in [0.25, 0.3) is 0 Å². The van der Waals surface area contributed by atoms with Gasteiger partial charge in [0.05, 0.1) is 20.8 Å².